The Bertz CT molecular complexity index is 179. The number of aliphatic hydroxyl groups is 1. The number of hydrogen-bond donors (Lipinski definition) is 3. The summed E-state index contributed by atoms with van der Waals surface area (Å²) >= 11 is 0. The van der Waals surface area contributed by atoms with Crippen LogP contribution in [0.2, 0.25) is 0 Å². The van der Waals surface area contributed by atoms with E-state index in [0.717, 1.165) is 0 Å². The van der Waals surface area contributed by atoms with Gasteiger partial charge < -0.3 is 15.7 Å². The first-order valence-corrected chi connectivity index (χ1v) is 3.99. The van der Waals surface area contributed by atoms with Gasteiger partial charge in [0.05, 0.1) is 18.7 Å². The summed E-state index contributed by atoms with van der Waals surface area (Å²) in [5.41, 5.74) is 0. The fourth-order valence-corrected chi connectivity index (χ4v) is 1.61. The summed E-state index contributed by atoms with van der Waals surface area (Å²) in [5.74, 6) is 0.603. The Hall–Kier alpha value is -0.770. The lowest BCUT2D eigenvalue weighted by atomic mass is 10.1. The van der Waals surface area contributed by atoms with E-state index in [-0.39, 0.29) is 24.7 Å². The number of nitrogens with one attached hydrogen (secondary N) is 2. The topological polar surface area (TPSA) is 61.4 Å². The number of carbonyl (C=O) groups excluding carboxylic acids is 1. The lowest BCUT2D eigenvalue weighted by Crippen LogP contribution is -2.38. The van der Waals surface area contributed by atoms with Crippen molar-refractivity contribution in [2.45, 2.75) is 24.9 Å². The molecule has 2 unspecified atom stereocenters. The zero-order chi connectivity index (χ0) is 7.84. The first-order valence-electron chi connectivity index (χ1n) is 3.99. The molecule has 2 amide bonds. The van der Waals surface area contributed by atoms with Crippen LogP contribution in [0.4, 0.5) is 4.79 Å². The molecular formula is C7H12N2O2. The minimum atomic E-state index is -0.138. The number of carbonyl (C=O) groups is 1. The minimum Gasteiger partial charge on any atom is -0.394 e. The molecule has 0 aromatic rings. The van der Waals surface area contributed by atoms with Crippen molar-refractivity contribution in [3.8, 4) is 0 Å². The average molecular weight is 156 g/mol. The van der Waals surface area contributed by atoms with Crippen LogP contribution < -0.4 is 10.6 Å². The summed E-state index contributed by atoms with van der Waals surface area (Å²) in [6.45, 7) is 0.0416. The van der Waals surface area contributed by atoms with E-state index in [0.29, 0.717) is 5.92 Å². The zero-order valence-corrected chi connectivity index (χ0v) is 6.21. The molecule has 1 saturated heterocycles. The van der Waals surface area contributed by atoms with Crippen LogP contribution in [-0.4, -0.2) is 29.8 Å². The van der Waals surface area contributed by atoms with Gasteiger partial charge in [0.25, 0.3) is 0 Å². The molecule has 4 heteroatoms. The van der Waals surface area contributed by atoms with Crippen molar-refractivity contribution < 1.29 is 9.90 Å². The van der Waals surface area contributed by atoms with Gasteiger partial charge in [0.15, 0.2) is 0 Å². The van der Waals surface area contributed by atoms with Gasteiger partial charge in [-0.3, -0.25) is 0 Å². The van der Waals surface area contributed by atoms with E-state index in [2.05, 4.69) is 10.6 Å². The molecule has 2 atom stereocenters. The SMILES string of the molecule is O=C1NC(CO)C(C2CC2)N1. The molecule has 2 fully saturated rings. The van der Waals surface area contributed by atoms with Gasteiger partial charge in [-0.25, -0.2) is 4.79 Å². The van der Waals surface area contributed by atoms with Gasteiger partial charge in [-0.15, -0.1) is 0 Å². The maximum atomic E-state index is 10.8. The van der Waals surface area contributed by atoms with Crippen molar-refractivity contribution in [1.29, 1.82) is 0 Å². The Morgan fingerprint density at radius 1 is 1.45 bits per heavy atom. The lowest BCUT2D eigenvalue weighted by Gasteiger charge is -2.14. The second kappa shape index (κ2) is 2.37. The van der Waals surface area contributed by atoms with E-state index in [9.17, 15) is 4.79 Å². The van der Waals surface area contributed by atoms with E-state index >= 15 is 0 Å². The first-order chi connectivity index (χ1) is 5.31. The van der Waals surface area contributed by atoms with Gasteiger partial charge in [0, 0.05) is 0 Å². The summed E-state index contributed by atoms with van der Waals surface area (Å²) < 4.78 is 0. The van der Waals surface area contributed by atoms with Crippen molar-refractivity contribution in [3.63, 3.8) is 0 Å². The molecule has 0 aromatic carbocycles. The van der Waals surface area contributed by atoms with Crippen molar-refractivity contribution in [2.24, 2.45) is 5.92 Å². The zero-order valence-electron chi connectivity index (χ0n) is 6.21. The number of urea groups is 1. The minimum absolute atomic E-state index is 0.0416. The fourth-order valence-electron chi connectivity index (χ4n) is 1.61. The van der Waals surface area contributed by atoms with Gasteiger partial charge in [0.1, 0.15) is 0 Å². The third kappa shape index (κ3) is 1.18. The Morgan fingerprint density at radius 2 is 2.18 bits per heavy atom. The van der Waals surface area contributed by atoms with Gasteiger partial charge in [-0.05, 0) is 18.8 Å². The van der Waals surface area contributed by atoms with Gasteiger partial charge in [0.2, 0.25) is 0 Å². The Balaban J connectivity index is 2.00. The summed E-state index contributed by atoms with van der Waals surface area (Å²) in [6, 6.07) is -0.0246. The molecule has 62 valence electrons. The average Bonchev–Trinajstić information content (AvgIpc) is 2.75. The van der Waals surface area contributed by atoms with Crippen molar-refractivity contribution in [2.75, 3.05) is 6.61 Å². The molecule has 0 bridgehead atoms. The molecular weight excluding hydrogens is 144 g/mol. The molecule has 0 radical (unpaired) electrons. The molecule has 2 aliphatic rings. The van der Waals surface area contributed by atoms with Gasteiger partial charge in [-0.2, -0.15) is 0 Å². The standard InChI is InChI=1S/C7H12N2O2/c10-3-5-6(4-1-2-4)9-7(11)8-5/h4-6,10H,1-3H2,(H2,8,9,11). The second-order valence-electron chi connectivity index (χ2n) is 3.27. The smallest absolute Gasteiger partial charge is 0.315 e. The molecule has 1 saturated carbocycles. The molecule has 3 N–H and O–H groups in total. The van der Waals surface area contributed by atoms with Crippen molar-refractivity contribution in [3.05, 3.63) is 0 Å². The van der Waals surface area contributed by atoms with Gasteiger partial charge >= 0.3 is 6.03 Å². The maximum absolute atomic E-state index is 10.8. The van der Waals surface area contributed by atoms with E-state index in [1.54, 1.807) is 0 Å². The van der Waals surface area contributed by atoms with E-state index in [1.165, 1.54) is 12.8 Å². The van der Waals surface area contributed by atoms with Crippen LogP contribution in [0.5, 0.6) is 0 Å². The van der Waals surface area contributed by atoms with Crippen molar-refractivity contribution in [1.82, 2.24) is 10.6 Å². The van der Waals surface area contributed by atoms with Crippen LogP contribution in [0.15, 0.2) is 0 Å². The Morgan fingerprint density at radius 3 is 2.73 bits per heavy atom. The lowest BCUT2D eigenvalue weighted by molar-refractivity contribution is 0.231. The predicted octanol–water partition coefficient (Wildman–Crippen LogP) is -0.561. The summed E-state index contributed by atoms with van der Waals surface area (Å²) in [4.78, 5) is 10.8. The van der Waals surface area contributed by atoms with E-state index in [4.69, 9.17) is 5.11 Å². The van der Waals surface area contributed by atoms with Gasteiger partial charge in [-0.1, -0.05) is 0 Å². The van der Waals surface area contributed by atoms with Crippen LogP contribution in [0, 0.1) is 5.92 Å². The fraction of sp³-hybridized carbons (Fsp3) is 0.857. The highest BCUT2D eigenvalue weighted by Gasteiger charge is 2.41. The summed E-state index contributed by atoms with van der Waals surface area (Å²) in [5, 5.41) is 14.4. The monoisotopic (exact) mass is 156 g/mol. The number of rotatable bonds is 2. The van der Waals surface area contributed by atoms with Crippen LogP contribution >= 0.6 is 0 Å². The first kappa shape index (κ1) is 6.91. The summed E-state index contributed by atoms with van der Waals surface area (Å²) in [6.07, 6.45) is 2.37. The third-order valence-corrected chi connectivity index (χ3v) is 2.37. The third-order valence-electron chi connectivity index (χ3n) is 2.37. The largest absolute Gasteiger partial charge is 0.394 e. The molecule has 1 aliphatic heterocycles. The second-order valence-corrected chi connectivity index (χ2v) is 3.27. The predicted molar refractivity (Wildman–Crippen MR) is 39.1 cm³/mol. The maximum Gasteiger partial charge on any atom is 0.315 e. The molecule has 4 nitrogen and oxygen atoms in total. The number of aliphatic hydroxyl groups excluding tert-OH is 1. The normalized spacial score (nSPS) is 36.6. The van der Waals surface area contributed by atoms with E-state index < -0.39 is 0 Å². The Kier molecular flexibility index (Phi) is 1.49. The molecule has 1 aliphatic carbocycles. The van der Waals surface area contributed by atoms with Crippen LogP contribution in [-0.2, 0) is 0 Å². The molecule has 2 rings (SSSR count). The molecule has 1 heterocycles. The van der Waals surface area contributed by atoms with Crippen LogP contribution in [0.3, 0.4) is 0 Å². The highest BCUT2D eigenvalue weighted by Crippen LogP contribution is 2.35. The van der Waals surface area contributed by atoms with Crippen LogP contribution in [0.1, 0.15) is 12.8 Å². The van der Waals surface area contributed by atoms with E-state index in [1.807, 2.05) is 0 Å². The quantitative estimate of drug-likeness (QED) is 0.502. The number of hydrogen-bond acceptors (Lipinski definition) is 2. The molecule has 11 heavy (non-hydrogen) atoms. The molecule has 0 aromatic heterocycles. The van der Waals surface area contributed by atoms with Crippen molar-refractivity contribution >= 4 is 6.03 Å². The van der Waals surface area contributed by atoms with Crippen LogP contribution in [0.25, 0.3) is 0 Å². The molecule has 0 spiro atoms. The summed E-state index contributed by atoms with van der Waals surface area (Å²) in [7, 11) is 0. The highest BCUT2D eigenvalue weighted by atomic mass is 16.3. The highest BCUT2D eigenvalue weighted by molar-refractivity contribution is 5.77. The Labute approximate surface area is 65.0 Å². The number of amides is 2.